The van der Waals surface area contributed by atoms with Crippen molar-refractivity contribution in [3.8, 4) is 0 Å². The molecule has 0 nitrogen and oxygen atoms in total. The highest BCUT2D eigenvalue weighted by atomic mass is 32.1. The summed E-state index contributed by atoms with van der Waals surface area (Å²) in [5.41, 5.74) is 5.31. The lowest BCUT2D eigenvalue weighted by molar-refractivity contribution is -0.254. The van der Waals surface area contributed by atoms with E-state index in [0.29, 0.717) is 19.5 Å². The molecule has 0 bridgehead atoms. The Morgan fingerprint density at radius 1 is 0.537 bits per heavy atom. The van der Waals surface area contributed by atoms with Crippen LogP contribution in [0, 0.1) is 25.7 Å². The molecule has 2 aromatic heterocycles. The molecule has 41 heavy (non-hydrogen) atoms. The average Bonchev–Trinajstić information content (AvgIpc) is 3.56. The van der Waals surface area contributed by atoms with Crippen LogP contribution in [0.15, 0.2) is 45.6 Å². The van der Waals surface area contributed by atoms with E-state index in [1.165, 1.54) is 34.8 Å². The summed E-state index contributed by atoms with van der Waals surface area (Å²) in [5.74, 6) is -15.7. The molecular formula is C33H34F6S2. The molecule has 3 aliphatic carbocycles. The number of hydrogen-bond acceptors (Lipinski definition) is 2. The van der Waals surface area contributed by atoms with Crippen LogP contribution in [-0.4, -0.2) is 17.8 Å². The van der Waals surface area contributed by atoms with Gasteiger partial charge in [-0.25, -0.2) is 0 Å². The fourth-order valence-corrected chi connectivity index (χ4v) is 9.12. The first-order valence-electron chi connectivity index (χ1n) is 13.7. The Morgan fingerprint density at radius 3 is 1.12 bits per heavy atom. The molecule has 220 valence electrons. The monoisotopic (exact) mass is 608 g/mol. The number of thiophene rings is 2. The summed E-state index contributed by atoms with van der Waals surface area (Å²) in [4.78, 5) is 1.89. The van der Waals surface area contributed by atoms with E-state index in [4.69, 9.17) is 0 Å². The van der Waals surface area contributed by atoms with Crippen molar-refractivity contribution in [2.45, 2.75) is 87.0 Å². The molecule has 2 heterocycles. The normalized spacial score (nSPS) is 25.7. The highest BCUT2D eigenvalue weighted by molar-refractivity contribution is 7.13. The lowest BCUT2D eigenvalue weighted by Gasteiger charge is -2.25. The maximum Gasteiger partial charge on any atom is 0.380 e. The van der Waals surface area contributed by atoms with Gasteiger partial charge >= 0.3 is 17.8 Å². The first kappa shape index (κ1) is 30.1. The number of alkyl halides is 6. The predicted molar refractivity (Wildman–Crippen MR) is 160 cm³/mol. The Morgan fingerprint density at radius 2 is 0.854 bits per heavy atom. The fourth-order valence-electron chi connectivity index (χ4n) is 6.68. The van der Waals surface area contributed by atoms with Gasteiger partial charge in [-0.2, -0.15) is 26.3 Å². The third kappa shape index (κ3) is 3.85. The van der Waals surface area contributed by atoms with Gasteiger partial charge in [0, 0.05) is 42.5 Å². The van der Waals surface area contributed by atoms with E-state index in [-0.39, 0.29) is 23.0 Å². The molecule has 0 aliphatic heterocycles. The molecule has 0 fully saturated rings. The van der Waals surface area contributed by atoms with Crippen molar-refractivity contribution in [1.82, 2.24) is 0 Å². The number of halogens is 6. The Bertz CT molecular complexity index is 1540. The van der Waals surface area contributed by atoms with Crippen LogP contribution in [0.4, 0.5) is 26.3 Å². The number of rotatable bonds is 4. The van der Waals surface area contributed by atoms with Crippen molar-refractivity contribution in [2.24, 2.45) is 11.8 Å². The summed E-state index contributed by atoms with van der Waals surface area (Å²) in [5, 5.41) is 0. The van der Waals surface area contributed by atoms with E-state index >= 15 is 26.3 Å². The molecule has 5 rings (SSSR count). The summed E-state index contributed by atoms with van der Waals surface area (Å²) in [6.07, 6.45) is 0. The minimum Gasteiger partial charge on any atom is -0.194 e. The van der Waals surface area contributed by atoms with Crippen molar-refractivity contribution in [1.29, 1.82) is 0 Å². The zero-order chi connectivity index (χ0) is 30.7. The van der Waals surface area contributed by atoms with Crippen LogP contribution in [-0.2, 0) is 0 Å². The van der Waals surface area contributed by atoms with E-state index in [2.05, 4.69) is 0 Å². The van der Waals surface area contributed by atoms with Gasteiger partial charge in [0.15, 0.2) is 0 Å². The third-order valence-corrected chi connectivity index (χ3v) is 12.0. The SMILES string of the molecule is CC1=C(C)C(C)C(c2cc(C3=C(c4cc(C5=C(C)C(C)=C(C)C5C)sc4C)C(F)(F)C(F)(F)C3(F)F)c(C)s2)=C1C. The topological polar surface area (TPSA) is 0 Å². The summed E-state index contributed by atoms with van der Waals surface area (Å²) in [6, 6.07) is 2.85. The second kappa shape index (κ2) is 9.34. The molecule has 2 unspecified atom stereocenters. The Balaban J connectivity index is 1.76. The van der Waals surface area contributed by atoms with Crippen molar-refractivity contribution >= 4 is 45.0 Å². The van der Waals surface area contributed by atoms with Gasteiger partial charge in [0.25, 0.3) is 0 Å². The molecule has 8 heteroatoms. The van der Waals surface area contributed by atoms with Gasteiger partial charge in [-0.3, -0.25) is 0 Å². The molecule has 0 radical (unpaired) electrons. The zero-order valence-corrected chi connectivity index (χ0v) is 26.5. The van der Waals surface area contributed by atoms with Crippen molar-refractivity contribution < 1.29 is 26.3 Å². The molecule has 0 saturated heterocycles. The zero-order valence-electron chi connectivity index (χ0n) is 24.9. The lowest BCUT2D eigenvalue weighted by atomic mass is 9.92. The molecule has 0 N–H and O–H groups in total. The second-order valence-electron chi connectivity index (χ2n) is 11.8. The first-order chi connectivity index (χ1) is 18.8. The van der Waals surface area contributed by atoms with Crippen LogP contribution in [0.1, 0.15) is 86.0 Å². The molecular weight excluding hydrogens is 574 g/mol. The van der Waals surface area contributed by atoms with Crippen molar-refractivity contribution in [2.75, 3.05) is 0 Å². The number of allylic oxidation sites excluding steroid dienone is 10. The molecule has 0 amide bonds. The molecule has 2 aromatic rings. The van der Waals surface area contributed by atoms with Gasteiger partial charge in [0.05, 0.1) is 0 Å². The van der Waals surface area contributed by atoms with Gasteiger partial charge in [-0.05, 0) is 112 Å². The molecule has 3 aliphatic rings. The molecule has 2 atom stereocenters. The third-order valence-electron chi connectivity index (χ3n) is 9.85. The van der Waals surface area contributed by atoms with E-state index < -0.39 is 28.9 Å². The van der Waals surface area contributed by atoms with Crippen molar-refractivity contribution in [3.05, 3.63) is 76.2 Å². The maximum absolute atomic E-state index is 15.7. The standard InChI is InChI=1S/C33H34F6S2/c1-13-14(2)18(6)27(17(13)5)25-11-23(21(9)40-25)29-30(32(36,37)33(38,39)31(29,34)35)24-12-26(41-22(24)10)28-19(7)15(3)16(4)20(28)8/h11-12,17,19H,1-10H3. The number of aryl methyl sites for hydroxylation is 2. The molecule has 0 aromatic carbocycles. The van der Waals surface area contributed by atoms with E-state index in [1.54, 1.807) is 13.8 Å². The summed E-state index contributed by atoms with van der Waals surface area (Å²) >= 11 is 2.37. The van der Waals surface area contributed by atoms with Crippen molar-refractivity contribution in [3.63, 3.8) is 0 Å². The fraction of sp³-hybridized carbons (Fsp3) is 0.455. The van der Waals surface area contributed by atoms with Crippen LogP contribution < -0.4 is 0 Å². The summed E-state index contributed by atoms with van der Waals surface area (Å²) < 4.78 is 93.1. The highest BCUT2D eigenvalue weighted by Crippen LogP contribution is 2.66. The van der Waals surface area contributed by atoms with Gasteiger partial charge in [0.2, 0.25) is 0 Å². The summed E-state index contributed by atoms with van der Waals surface area (Å²) in [6.45, 7) is 19.0. The summed E-state index contributed by atoms with van der Waals surface area (Å²) in [7, 11) is 0. The molecule has 0 saturated carbocycles. The van der Waals surface area contributed by atoms with Crippen LogP contribution in [0.2, 0.25) is 0 Å². The Kier molecular flexibility index (Phi) is 6.87. The van der Waals surface area contributed by atoms with E-state index in [9.17, 15) is 0 Å². The quantitative estimate of drug-likeness (QED) is 0.303. The van der Waals surface area contributed by atoms with Gasteiger partial charge < -0.3 is 0 Å². The van der Waals surface area contributed by atoms with Crippen LogP contribution in [0.3, 0.4) is 0 Å². The smallest absolute Gasteiger partial charge is 0.194 e. The highest BCUT2D eigenvalue weighted by Gasteiger charge is 2.80. The van der Waals surface area contributed by atoms with Crippen LogP contribution in [0.25, 0.3) is 22.3 Å². The van der Waals surface area contributed by atoms with Crippen LogP contribution >= 0.6 is 22.7 Å². The van der Waals surface area contributed by atoms with E-state index in [0.717, 1.165) is 44.6 Å². The minimum absolute atomic E-state index is 0.00781. The van der Waals surface area contributed by atoms with E-state index in [1.807, 2.05) is 55.4 Å². The molecule has 0 spiro atoms. The van der Waals surface area contributed by atoms with Gasteiger partial charge in [-0.1, -0.05) is 25.0 Å². The Hall–Kier alpha value is -2.32. The lowest BCUT2D eigenvalue weighted by Crippen LogP contribution is -2.48. The predicted octanol–water partition coefficient (Wildman–Crippen LogP) is 11.8. The second-order valence-corrected chi connectivity index (χ2v) is 14.3. The largest absolute Gasteiger partial charge is 0.380 e. The first-order valence-corrected chi connectivity index (χ1v) is 15.3. The number of hydrogen-bond donors (Lipinski definition) is 0. The minimum atomic E-state index is -5.58. The Labute approximate surface area is 245 Å². The van der Waals surface area contributed by atoms with Crippen LogP contribution in [0.5, 0.6) is 0 Å². The average molecular weight is 609 g/mol. The van der Waals surface area contributed by atoms with Gasteiger partial charge in [-0.15, -0.1) is 22.7 Å². The van der Waals surface area contributed by atoms with Gasteiger partial charge in [0.1, 0.15) is 0 Å². The maximum atomic E-state index is 15.7.